The molecule has 0 saturated carbocycles. The second kappa shape index (κ2) is 6.20. The maximum absolute atomic E-state index is 5.80. The molecule has 2 N–H and O–H groups in total. The average molecular weight is 308 g/mol. The molecule has 0 unspecified atom stereocenters. The van der Waals surface area contributed by atoms with E-state index in [2.05, 4.69) is 29.9 Å². The molecule has 0 bridgehead atoms. The predicted octanol–water partition coefficient (Wildman–Crippen LogP) is 3.54. The van der Waals surface area contributed by atoms with Gasteiger partial charge in [0, 0.05) is 5.56 Å². The molecule has 3 aromatic rings. The van der Waals surface area contributed by atoms with Crippen molar-refractivity contribution in [3.63, 3.8) is 0 Å². The maximum atomic E-state index is 5.80. The van der Waals surface area contributed by atoms with Crippen LogP contribution in [-0.2, 0) is 6.42 Å². The molecule has 0 fully saturated rings. The van der Waals surface area contributed by atoms with Crippen molar-refractivity contribution in [1.29, 1.82) is 0 Å². The highest BCUT2D eigenvalue weighted by atomic mass is 16.5. The zero-order chi connectivity index (χ0) is 16.4. The first-order valence-electron chi connectivity index (χ1n) is 7.70. The van der Waals surface area contributed by atoms with Crippen molar-refractivity contribution in [2.24, 2.45) is 0 Å². The summed E-state index contributed by atoms with van der Waals surface area (Å²) in [7, 11) is 1.67. The Morgan fingerprint density at radius 1 is 1.09 bits per heavy atom. The number of aromatic nitrogens is 3. The lowest BCUT2D eigenvalue weighted by Gasteiger charge is -2.11. The fourth-order valence-electron chi connectivity index (χ4n) is 2.68. The van der Waals surface area contributed by atoms with E-state index in [0.29, 0.717) is 5.95 Å². The molecule has 0 aliphatic carbocycles. The van der Waals surface area contributed by atoms with E-state index < -0.39 is 0 Å². The number of pyridine rings is 1. The summed E-state index contributed by atoms with van der Waals surface area (Å²) in [5, 5.41) is 0. The van der Waals surface area contributed by atoms with E-state index in [-0.39, 0.29) is 0 Å². The van der Waals surface area contributed by atoms with Crippen LogP contribution in [0.25, 0.3) is 22.3 Å². The highest BCUT2D eigenvalue weighted by Crippen LogP contribution is 2.31. The third-order valence-corrected chi connectivity index (χ3v) is 3.75. The summed E-state index contributed by atoms with van der Waals surface area (Å²) in [6.45, 7) is 4.16. The lowest BCUT2D eigenvalue weighted by molar-refractivity contribution is 0.416. The van der Waals surface area contributed by atoms with Crippen molar-refractivity contribution in [3.05, 3.63) is 41.6 Å². The number of anilines is 1. The first-order chi connectivity index (χ1) is 11.1. The molecule has 118 valence electrons. The van der Waals surface area contributed by atoms with Gasteiger partial charge in [-0.1, -0.05) is 25.0 Å². The van der Waals surface area contributed by atoms with Crippen LogP contribution >= 0.6 is 0 Å². The van der Waals surface area contributed by atoms with Gasteiger partial charge in [0.2, 0.25) is 5.95 Å². The second-order valence-electron chi connectivity index (χ2n) is 5.55. The van der Waals surface area contributed by atoms with Gasteiger partial charge in [-0.25, -0.2) is 15.0 Å². The van der Waals surface area contributed by atoms with Crippen molar-refractivity contribution in [1.82, 2.24) is 15.0 Å². The number of nitrogen functional groups attached to an aromatic ring is 1. The second-order valence-corrected chi connectivity index (χ2v) is 5.55. The molecule has 0 aliphatic rings. The molecule has 0 radical (unpaired) electrons. The Bertz CT molecular complexity index is 861. The Balaban J connectivity index is 2.22. The molecule has 1 aromatic carbocycles. The summed E-state index contributed by atoms with van der Waals surface area (Å²) in [6.07, 6.45) is 1.80. The zero-order valence-electron chi connectivity index (χ0n) is 13.6. The van der Waals surface area contributed by atoms with E-state index in [4.69, 9.17) is 15.5 Å². The van der Waals surface area contributed by atoms with Crippen LogP contribution in [0.3, 0.4) is 0 Å². The highest BCUT2D eigenvalue weighted by molar-refractivity contribution is 5.82. The Morgan fingerprint density at radius 2 is 1.91 bits per heavy atom. The number of aryl methyl sites for hydroxylation is 2. The van der Waals surface area contributed by atoms with Gasteiger partial charge < -0.3 is 10.5 Å². The number of hydrogen-bond acceptors (Lipinski definition) is 5. The van der Waals surface area contributed by atoms with Gasteiger partial charge in [-0.2, -0.15) is 0 Å². The molecule has 2 aromatic heterocycles. The Labute approximate surface area is 135 Å². The van der Waals surface area contributed by atoms with Crippen LogP contribution < -0.4 is 10.5 Å². The van der Waals surface area contributed by atoms with Crippen molar-refractivity contribution >= 4 is 17.0 Å². The van der Waals surface area contributed by atoms with Crippen LogP contribution in [-0.4, -0.2) is 22.1 Å². The van der Waals surface area contributed by atoms with Gasteiger partial charge in [-0.05, 0) is 37.6 Å². The van der Waals surface area contributed by atoms with Gasteiger partial charge in [-0.15, -0.1) is 0 Å². The summed E-state index contributed by atoms with van der Waals surface area (Å²) in [4.78, 5) is 13.4. The number of benzene rings is 1. The van der Waals surface area contributed by atoms with Crippen LogP contribution in [0.4, 0.5) is 5.95 Å². The van der Waals surface area contributed by atoms with E-state index >= 15 is 0 Å². The topological polar surface area (TPSA) is 73.9 Å². The summed E-state index contributed by atoms with van der Waals surface area (Å²) in [5.74, 6) is 1.10. The summed E-state index contributed by atoms with van der Waals surface area (Å²) in [6, 6.07) is 9.95. The molecule has 0 spiro atoms. The fourth-order valence-corrected chi connectivity index (χ4v) is 2.68. The Morgan fingerprint density at radius 3 is 2.65 bits per heavy atom. The number of fused-ring (bicyclic) bond motifs is 1. The van der Waals surface area contributed by atoms with Crippen molar-refractivity contribution in [2.45, 2.75) is 26.7 Å². The molecule has 0 saturated heterocycles. The SMILES string of the molecule is CCCc1nc(N)nc2ccc(-c3cc(C)ccc3OC)nc12. The van der Waals surface area contributed by atoms with E-state index in [9.17, 15) is 0 Å². The van der Waals surface area contributed by atoms with Crippen LogP contribution in [0.5, 0.6) is 5.75 Å². The molecule has 2 heterocycles. The third-order valence-electron chi connectivity index (χ3n) is 3.75. The van der Waals surface area contributed by atoms with Gasteiger partial charge in [-0.3, -0.25) is 0 Å². The molecule has 3 rings (SSSR count). The van der Waals surface area contributed by atoms with Gasteiger partial charge in [0.1, 0.15) is 11.3 Å². The summed E-state index contributed by atoms with van der Waals surface area (Å²) in [5.41, 5.74) is 11.2. The van der Waals surface area contributed by atoms with Crippen LogP contribution in [0.15, 0.2) is 30.3 Å². The normalized spacial score (nSPS) is 10.9. The highest BCUT2D eigenvalue weighted by Gasteiger charge is 2.12. The number of methoxy groups -OCH3 is 1. The van der Waals surface area contributed by atoms with Gasteiger partial charge in [0.15, 0.2) is 0 Å². The van der Waals surface area contributed by atoms with Crippen molar-refractivity contribution < 1.29 is 4.74 Å². The lowest BCUT2D eigenvalue weighted by atomic mass is 10.1. The Kier molecular flexibility index (Phi) is 4.10. The van der Waals surface area contributed by atoms with Crippen molar-refractivity contribution in [2.75, 3.05) is 12.8 Å². The van der Waals surface area contributed by atoms with E-state index in [1.54, 1.807) is 7.11 Å². The van der Waals surface area contributed by atoms with Gasteiger partial charge in [0.05, 0.1) is 24.0 Å². The smallest absolute Gasteiger partial charge is 0.220 e. The molecule has 5 heteroatoms. The Hall–Kier alpha value is -2.69. The fraction of sp³-hybridized carbons (Fsp3) is 0.278. The minimum absolute atomic E-state index is 0.295. The monoisotopic (exact) mass is 308 g/mol. The first-order valence-corrected chi connectivity index (χ1v) is 7.70. The van der Waals surface area contributed by atoms with E-state index in [1.165, 1.54) is 0 Å². The lowest BCUT2D eigenvalue weighted by Crippen LogP contribution is -2.03. The number of ether oxygens (including phenoxy) is 1. The van der Waals surface area contributed by atoms with Crippen molar-refractivity contribution in [3.8, 4) is 17.0 Å². The minimum atomic E-state index is 0.295. The molecule has 0 amide bonds. The van der Waals surface area contributed by atoms with Crippen LogP contribution in [0.2, 0.25) is 0 Å². The predicted molar refractivity (Wildman–Crippen MR) is 92.5 cm³/mol. The quantitative estimate of drug-likeness (QED) is 0.798. The summed E-state index contributed by atoms with van der Waals surface area (Å²) >= 11 is 0. The number of hydrogen-bond donors (Lipinski definition) is 1. The number of nitrogens with zero attached hydrogens (tertiary/aromatic N) is 3. The molecule has 0 aliphatic heterocycles. The van der Waals surface area contributed by atoms with Crippen LogP contribution in [0.1, 0.15) is 24.6 Å². The largest absolute Gasteiger partial charge is 0.496 e. The average Bonchev–Trinajstić information content (AvgIpc) is 2.54. The molecular formula is C18H20N4O. The maximum Gasteiger partial charge on any atom is 0.220 e. The molecule has 0 atom stereocenters. The third kappa shape index (κ3) is 2.95. The van der Waals surface area contributed by atoms with Crippen LogP contribution in [0, 0.1) is 6.92 Å². The molecule has 5 nitrogen and oxygen atoms in total. The van der Waals surface area contributed by atoms with Gasteiger partial charge >= 0.3 is 0 Å². The minimum Gasteiger partial charge on any atom is -0.496 e. The number of rotatable bonds is 4. The van der Waals surface area contributed by atoms with E-state index in [1.807, 2.05) is 24.3 Å². The van der Waals surface area contributed by atoms with E-state index in [0.717, 1.165) is 52.1 Å². The summed E-state index contributed by atoms with van der Waals surface area (Å²) < 4.78 is 5.47. The standard InChI is InChI=1S/C18H20N4O/c1-4-5-14-17-15(22-18(19)21-14)8-7-13(20-17)12-10-11(2)6-9-16(12)23-3/h6-10H,4-5H2,1-3H3,(H2,19,21,22). The first kappa shape index (κ1) is 15.2. The van der Waals surface area contributed by atoms with Gasteiger partial charge in [0.25, 0.3) is 0 Å². The molecule has 23 heavy (non-hydrogen) atoms. The number of nitrogens with two attached hydrogens (primary N) is 1. The molecular weight excluding hydrogens is 288 g/mol. The zero-order valence-corrected chi connectivity index (χ0v) is 13.6.